The van der Waals surface area contributed by atoms with Gasteiger partial charge in [-0.05, 0) is 18.2 Å². The molecule has 0 heterocycles. The van der Waals surface area contributed by atoms with Crippen molar-refractivity contribution in [2.45, 2.75) is 0 Å². The molecular formula is C9H10MgO4S. The second-order valence-electron chi connectivity index (χ2n) is 2.42. The van der Waals surface area contributed by atoms with Crippen LogP contribution in [0, 0.1) is 0 Å². The van der Waals surface area contributed by atoms with Crippen LogP contribution >= 0.6 is 12.0 Å². The van der Waals surface area contributed by atoms with Crippen molar-refractivity contribution in [1.29, 1.82) is 0 Å². The molecular weight excluding hydrogens is 228 g/mol. The summed E-state index contributed by atoms with van der Waals surface area (Å²) in [5.41, 5.74) is 0.305. The number of carboxylic acids is 1. The van der Waals surface area contributed by atoms with Crippen molar-refractivity contribution < 1.29 is 18.9 Å². The molecule has 0 aliphatic rings. The van der Waals surface area contributed by atoms with Crippen LogP contribution in [0.2, 0.25) is 0 Å². The van der Waals surface area contributed by atoms with Gasteiger partial charge in [0.25, 0.3) is 0 Å². The predicted molar refractivity (Wildman–Crippen MR) is 60.9 cm³/mol. The molecule has 6 heteroatoms. The van der Waals surface area contributed by atoms with E-state index in [-0.39, 0.29) is 34.2 Å². The van der Waals surface area contributed by atoms with Crippen molar-refractivity contribution in [3.05, 3.63) is 35.4 Å². The molecule has 0 aliphatic heterocycles. The molecule has 1 aromatic rings. The fraction of sp³-hybridized carbons (Fsp3) is 0.111. The molecule has 1 aromatic carbocycles. The summed E-state index contributed by atoms with van der Waals surface area (Å²) >= 11 is 0.922. The molecule has 0 fully saturated rings. The Balaban J connectivity index is 0.00000196. The summed E-state index contributed by atoms with van der Waals surface area (Å²) < 4.78 is 4.65. The van der Waals surface area contributed by atoms with Gasteiger partial charge in [-0.25, -0.2) is 9.59 Å². The lowest BCUT2D eigenvalue weighted by molar-refractivity contribution is 0.0697. The van der Waals surface area contributed by atoms with E-state index in [4.69, 9.17) is 5.11 Å². The molecule has 1 N–H and O–H groups in total. The maximum absolute atomic E-state index is 11.2. The molecule has 0 aromatic heterocycles. The summed E-state index contributed by atoms with van der Waals surface area (Å²) in [6.07, 6.45) is 1.61. The average molecular weight is 239 g/mol. The Bertz CT molecular complexity index is 367. The highest BCUT2D eigenvalue weighted by Gasteiger charge is 2.09. The largest absolute Gasteiger partial charge is 0.478 e. The number of hydrogen-bond acceptors (Lipinski definition) is 4. The molecule has 1 rings (SSSR count). The molecule has 0 bridgehead atoms. The molecule has 0 unspecified atom stereocenters. The van der Waals surface area contributed by atoms with E-state index in [1.807, 2.05) is 0 Å². The van der Waals surface area contributed by atoms with Crippen molar-refractivity contribution in [2.24, 2.45) is 0 Å². The lowest BCUT2D eigenvalue weighted by Gasteiger charge is -2.00. The van der Waals surface area contributed by atoms with E-state index in [1.54, 1.807) is 6.26 Å². The van der Waals surface area contributed by atoms with Gasteiger partial charge in [0, 0.05) is 6.26 Å². The van der Waals surface area contributed by atoms with Gasteiger partial charge in [0.2, 0.25) is 0 Å². The third-order valence-electron chi connectivity index (χ3n) is 1.50. The first-order chi connectivity index (χ1) is 6.65. The highest BCUT2D eigenvalue weighted by atomic mass is 32.2. The first-order valence-electron chi connectivity index (χ1n) is 3.73. The van der Waals surface area contributed by atoms with Crippen LogP contribution in [0.15, 0.2) is 24.3 Å². The average Bonchev–Trinajstić information content (AvgIpc) is 2.18. The first-order valence-corrected chi connectivity index (χ1v) is 4.88. The van der Waals surface area contributed by atoms with Gasteiger partial charge in [0.1, 0.15) is 0 Å². The fourth-order valence-electron chi connectivity index (χ4n) is 0.903. The normalized spacial score (nSPS) is 8.87. The molecule has 0 radical (unpaired) electrons. The van der Waals surface area contributed by atoms with Crippen LogP contribution in [0.3, 0.4) is 0 Å². The molecule has 78 valence electrons. The van der Waals surface area contributed by atoms with Gasteiger partial charge in [0.05, 0.1) is 23.2 Å². The predicted octanol–water partition coefficient (Wildman–Crippen LogP) is 0.903. The van der Waals surface area contributed by atoms with Crippen molar-refractivity contribution >= 4 is 47.0 Å². The van der Waals surface area contributed by atoms with Crippen molar-refractivity contribution in [3.8, 4) is 0 Å². The number of benzene rings is 1. The maximum atomic E-state index is 11.2. The van der Waals surface area contributed by atoms with Crippen LogP contribution in [-0.4, -0.2) is 46.4 Å². The summed E-state index contributed by atoms with van der Waals surface area (Å²) in [7, 11) is 0. The van der Waals surface area contributed by atoms with Crippen molar-refractivity contribution in [1.82, 2.24) is 0 Å². The van der Waals surface area contributed by atoms with Gasteiger partial charge in [-0.3, -0.25) is 0 Å². The third-order valence-corrected chi connectivity index (χ3v) is 1.82. The minimum Gasteiger partial charge on any atom is -0.478 e. The zero-order valence-electron chi connectivity index (χ0n) is 7.39. The number of carboxylic acid groups (broad SMARTS) is 1. The minimum atomic E-state index is -1.07. The second-order valence-corrected chi connectivity index (χ2v) is 2.92. The van der Waals surface area contributed by atoms with Gasteiger partial charge in [0.15, 0.2) is 0 Å². The lowest BCUT2D eigenvalue weighted by Crippen LogP contribution is -2.03. The van der Waals surface area contributed by atoms with E-state index in [0.717, 1.165) is 12.0 Å². The highest BCUT2D eigenvalue weighted by Crippen LogP contribution is 2.09. The van der Waals surface area contributed by atoms with Crippen LogP contribution in [-0.2, 0) is 4.18 Å². The Morgan fingerprint density at radius 2 is 1.93 bits per heavy atom. The summed E-state index contributed by atoms with van der Waals surface area (Å²) in [5.74, 6) is -1.61. The van der Waals surface area contributed by atoms with Crippen molar-refractivity contribution in [2.75, 3.05) is 6.26 Å². The van der Waals surface area contributed by atoms with Crippen molar-refractivity contribution in [3.63, 3.8) is 0 Å². The second kappa shape index (κ2) is 6.70. The maximum Gasteiger partial charge on any atom is 0.350 e. The standard InChI is InChI=1S/C9H8O4S.Mg.2H/c1-14-13-9(12)7-4-2-3-6(5-7)8(10)11;;;/h2-5H,1H3,(H,10,11);;;. The molecule has 0 aliphatic carbocycles. The molecule has 0 atom stereocenters. The smallest absolute Gasteiger partial charge is 0.350 e. The first kappa shape index (κ1) is 14.3. The molecule has 4 nitrogen and oxygen atoms in total. The number of rotatable bonds is 3. The fourth-order valence-corrected chi connectivity index (χ4v) is 1.15. The van der Waals surface area contributed by atoms with E-state index >= 15 is 0 Å². The molecule has 0 saturated carbocycles. The number of carbonyl (C=O) groups is 2. The molecule has 0 saturated heterocycles. The van der Waals surface area contributed by atoms with Gasteiger partial charge >= 0.3 is 35.0 Å². The van der Waals surface area contributed by atoms with Gasteiger partial charge in [-0.15, -0.1) is 0 Å². The summed E-state index contributed by atoms with van der Waals surface area (Å²) in [6.45, 7) is 0. The SMILES string of the molecule is CSOC(=O)c1cccc(C(=O)O)c1.[MgH2]. The molecule has 0 spiro atoms. The minimum absolute atomic E-state index is 0. The van der Waals surface area contributed by atoms with Gasteiger partial charge in [-0.1, -0.05) is 6.07 Å². The highest BCUT2D eigenvalue weighted by molar-refractivity contribution is 7.94. The van der Waals surface area contributed by atoms with E-state index in [9.17, 15) is 9.59 Å². The van der Waals surface area contributed by atoms with E-state index in [2.05, 4.69) is 4.18 Å². The van der Waals surface area contributed by atoms with Gasteiger partial charge < -0.3 is 9.29 Å². The quantitative estimate of drug-likeness (QED) is 0.626. The van der Waals surface area contributed by atoms with Gasteiger partial charge in [-0.2, -0.15) is 0 Å². The summed E-state index contributed by atoms with van der Waals surface area (Å²) in [6, 6.07) is 5.70. The number of aromatic carboxylic acids is 1. The van der Waals surface area contributed by atoms with Crippen LogP contribution in [0.1, 0.15) is 20.7 Å². The van der Waals surface area contributed by atoms with Crippen LogP contribution in [0.4, 0.5) is 0 Å². The van der Waals surface area contributed by atoms with Crippen LogP contribution < -0.4 is 0 Å². The van der Waals surface area contributed by atoms with E-state index < -0.39 is 11.9 Å². The Hall–Kier alpha value is -0.724. The zero-order valence-corrected chi connectivity index (χ0v) is 8.21. The third kappa shape index (κ3) is 4.11. The monoisotopic (exact) mass is 238 g/mol. The summed E-state index contributed by atoms with van der Waals surface area (Å²) in [4.78, 5) is 21.8. The Labute approximate surface area is 107 Å². The van der Waals surface area contributed by atoms with E-state index in [1.165, 1.54) is 24.3 Å². The number of carbonyl (C=O) groups excluding carboxylic acids is 1. The zero-order chi connectivity index (χ0) is 10.6. The Morgan fingerprint density at radius 1 is 1.33 bits per heavy atom. The summed E-state index contributed by atoms with van der Waals surface area (Å²) in [5, 5.41) is 8.66. The lowest BCUT2D eigenvalue weighted by atomic mass is 10.1. The van der Waals surface area contributed by atoms with Crippen LogP contribution in [0.25, 0.3) is 0 Å². The molecule has 15 heavy (non-hydrogen) atoms. The topological polar surface area (TPSA) is 63.6 Å². The van der Waals surface area contributed by atoms with E-state index in [0.29, 0.717) is 0 Å². The molecule has 0 amide bonds. The van der Waals surface area contributed by atoms with Crippen LogP contribution in [0.5, 0.6) is 0 Å². The Morgan fingerprint density at radius 3 is 2.47 bits per heavy atom. The number of hydrogen-bond donors (Lipinski definition) is 1. The Kier molecular flexibility index (Phi) is 6.38.